The van der Waals surface area contributed by atoms with Gasteiger partial charge in [0.15, 0.2) is 5.82 Å². The molecule has 2 aromatic heterocycles. The van der Waals surface area contributed by atoms with Gasteiger partial charge in [-0.15, -0.1) is 0 Å². The van der Waals surface area contributed by atoms with E-state index in [4.69, 9.17) is 21.3 Å². The zero-order chi connectivity index (χ0) is 28.0. The van der Waals surface area contributed by atoms with Crippen LogP contribution in [0.4, 0.5) is 0 Å². The molecule has 2 amide bonds. The second-order valence-electron chi connectivity index (χ2n) is 10.2. The lowest BCUT2D eigenvalue weighted by molar-refractivity contribution is 0.0652. The van der Waals surface area contributed by atoms with Gasteiger partial charge in [-0.3, -0.25) is 19.1 Å². The number of carbonyl (C=O) groups is 2. The summed E-state index contributed by atoms with van der Waals surface area (Å²) in [5, 5.41) is 7.57. The van der Waals surface area contributed by atoms with E-state index in [0.29, 0.717) is 63.3 Å². The Morgan fingerprint density at radius 2 is 2.05 bits per heavy atom. The first-order valence-electron chi connectivity index (χ1n) is 12.9. The normalized spacial score (nSPS) is 19.6. The number of halogens is 2. The molecule has 3 unspecified atom stereocenters. The van der Waals surface area contributed by atoms with E-state index >= 15 is 0 Å². The molecular formula is C27H30BrClN6O4. The third-order valence-corrected chi connectivity index (χ3v) is 8.93. The van der Waals surface area contributed by atoms with Gasteiger partial charge in [-0.25, -0.2) is 9.55 Å². The smallest absolute Gasteiger partial charge is 0.269 e. The van der Waals surface area contributed by atoms with E-state index in [1.807, 2.05) is 13.8 Å². The number of ether oxygens (including phenoxy) is 1. The first-order chi connectivity index (χ1) is 18.6. The Bertz CT molecular complexity index is 1510. The highest BCUT2D eigenvalue weighted by Crippen LogP contribution is 2.32. The molecule has 1 N–H and O–H groups in total. The number of aryl methyl sites for hydroxylation is 1. The molecule has 1 saturated heterocycles. The van der Waals surface area contributed by atoms with Crippen molar-refractivity contribution < 1.29 is 14.3 Å². The van der Waals surface area contributed by atoms with Crippen LogP contribution in [0.2, 0.25) is 5.02 Å². The van der Waals surface area contributed by atoms with Crippen molar-refractivity contribution in [2.75, 3.05) is 20.3 Å². The maximum Gasteiger partial charge on any atom is 0.269 e. The number of carbonyl (C=O) groups excluding carboxylic acids is 2. The fraction of sp³-hybridized carbons (Fsp3) is 0.444. The highest BCUT2D eigenvalue weighted by Gasteiger charge is 2.35. The fourth-order valence-corrected chi connectivity index (χ4v) is 5.76. The number of hydrogen-bond acceptors (Lipinski definition) is 6. The van der Waals surface area contributed by atoms with Crippen molar-refractivity contribution in [2.45, 2.75) is 45.2 Å². The predicted molar refractivity (Wildman–Crippen MR) is 150 cm³/mol. The second-order valence-corrected chi connectivity index (χ2v) is 11.4. The molecule has 0 saturated carbocycles. The van der Waals surface area contributed by atoms with Gasteiger partial charge in [0.25, 0.3) is 17.4 Å². The van der Waals surface area contributed by atoms with Gasteiger partial charge in [-0.1, -0.05) is 18.5 Å². The summed E-state index contributed by atoms with van der Waals surface area (Å²) in [7, 11) is 3.21. The van der Waals surface area contributed by atoms with E-state index in [1.165, 1.54) is 9.25 Å². The van der Waals surface area contributed by atoms with Crippen LogP contribution in [0.25, 0.3) is 5.82 Å². The molecule has 5 rings (SSSR count). The first kappa shape index (κ1) is 27.5. The van der Waals surface area contributed by atoms with E-state index in [0.717, 1.165) is 6.42 Å². The van der Waals surface area contributed by atoms with Gasteiger partial charge in [0.05, 0.1) is 23.9 Å². The van der Waals surface area contributed by atoms with Gasteiger partial charge in [-0.2, -0.15) is 5.10 Å². The topological polar surface area (TPSA) is 111 Å². The van der Waals surface area contributed by atoms with Crippen LogP contribution in [-0.4, -0.2) is 62.3 Å². The quantitative estimate of drug-likeness (QED) is 0.470. The molecule has 206 valence electrons. The summed E-state index contributed by atoms with van der Waals surface area (Å²) in [6.45, 7) is 5.38. The van der Waals surface area contributed by atoms with E-state index in [9.17, 15) is 14.4 Å². The van der Waals surface area contributed by atoms with Crippen molar-refractivity contribution in [2.24, 2.45) is 13.0 Å². The summed E-state index contributed by atoms with van der Waals surface area (Å²) >= 11 is 9.62. The van der Waals surface area contributed by atoms with Crippen LogP contribution in [0.15, 0.2) is 33.5 Å². The predicted octanol–water partition coefficient (Wildman–Crippen LogP) is 3.47. The average Bonchev–Trinajstić information content (AvgIpc) is 3.59. The summed E-state index contributed by atoms with van der Waals surface area (Å²) < 4.78 is 9.34. The number of rotatable bonds is 5. The Balaban J connectivity index is 1.61. The lowest BCUT2D eigenvalue weighted by atomic mass is 9.91. The molecule has 1 fully saturated rings. The van der Waals surface area contributed by atoms with Crippen molar-refractivity contribution in [1.82, 2.24) is 29.5 Å². The Morgan fingerprint density at radius 3 is 2.72 bits per heavy atom. The van der Waals surface area contributed by atoms with Gasteiger partial charge in [0.1, 0.15) is 11.5 Å². The van der Waals surface area contributed by atoms with Crippen molar-refractivity contribution >= 4 is 39.3 Å². The number of aromatic nitrogens is 4. The van der Waals surface area contributed by atoms with E-state index in [2.05, 4.69) is 26.3 Å². The standard InChI is InChI=1S/C27H30BrClN6O4/c1-14-9-18-21(12-34(14)26(37)16-5-6-19(28)20(29)10-16)31-24(15(2)17-7-8-39-13-17)35(27(18)38)23-11-22(25(36)30-3)33(4)32-23/h5-6,10-11,14-15,17H,7-9,12-13H2,1-4H3,(H,30,36). The van der Waals surface area contributed by atoms with Crippen LogP contribution in [-0.2, 0) is 24.8 Å². The van der Waals surface area contributed by atoms with Gasteiger partial charge in [0, 0.05) is 54.3 Å². The number of benzene rings is 1. The summed E-state index contributed by atoms with van der Waals surface area (Å²) in [6.07, 6.45) is 1.19. The molecule has 3 aromatic rings. The maximum atomic E-state index is 14.1. The lowest BCUT2D eigenvalue weighted by Crippen LogP contribution is -2.46. The Labute approximate surface area is 239 Å². The molecule has 2 aliphatic rings. The molecular weight excluding hydrogens is 588 g/mol. The minimum Gasteiger partial charge on any atom is -0.381 e. The van der Waals surface area contributed by atoms with E-state index in [1.54, 1.807) is 43.3 Å². The molecule has 0 radical (unpaired) electrons. The number of amides is 2. The van der Waals surface area contributed by atoms with Gasteiger partial charge >= 0.3 is 0 Å². The van der Waals surface area contributed by atoms with Crippen LogP contribution in [0.3, 0.4) is 0 Å². The van der Waals surface area contributed by atoms with Crippen molar-refractivity contribution in [3.05, 3.63) is 72.5 Å². The second kappa shape index (κ2) is 10.9. The first-order valence-corrected chi connectivity index (χ1v) is 14.0. The molecule has 1 aromatic carbocycles. The Hall–Kier alpha value is -3.02. The lowest BCUT2D eigenvalue weighted by Gasteiger charge is -2.35. The molecule has 4 heterocycles. The Morgan fingerprint density at radius 1 is 1.28 bits per heavy atom. The minimum absolute atomic E-state index is 0.121. The van der Waals surface area contributed by atoms with Crippen LogP contribution < -0.4 is 10.9 Å². The zero-order valence-electron chi connectivity index (χ0n) is 22.2. The molecule has 0 aliphatic carbocycles. The molecule has 0 bridgehead atoms. The monoisotopic (exact) mass is 616 g/mol. The summed E-state index contributed by atoms with van der Waals surface area (Å²) in [6, 6.07) is 6.48. The molecule has 39 heavy (non-hydrogen) atoms. The summed E-state index contributed by atoms with van der Waals surface area (Å²) in [5.41, 5.74) is 1.70. The highest BCUT2D eigenvalue weighted by molar-refractivity contribution is 9.10. The van der Waals surface area contributed by atoms with Gasteiger partial charge in [0.2, 0.25) is 0 Å². The third-order valence-electron chi connectivity index (χ3n) is 7.70. The highest BCUT2D eigenvalue weighted by atomic mass is 79.9. The molecule has 12 heteroatoms. The Kier molecular flexibility index (Phi) is 7.67. The number of hydrogen-bond donors (Lipinski definition) is 1. The summed E-state index contributed by atoms with van der Waals surface area (Å²) in [4.78, 5) is 46.7. The molecule has 0 spiro atoms. The van der Waals surface area contributed by atoms with Crippen LogP contribution in [0, 0.1) is 5.92 Å². The third kappa shape index (κ3) is 5.03. The average molecular weight is 618 g/mol. The van der Waals surface area contributed by atoms with Crippen molar-refractivity contribution in [3.8, 4) is 5.82 Å². The van der Waals surface area contributed by atoms with Crippen molar-refractivity contribution in [3.63, 3.8) is 0 Å². The van der Waals surface area contributed by atoms with Crippen molar-refractivity contribution in [1.29, 1.82) is 0 Å². The fourth-order valence-electron chi connectivity index (χ4n) is 5.33. The summed E-state index contributed by atoms with van der Waals surface area (Å²) in [5.74, 6) is 0.465. The number of nitrogens with one attached hydrogen (secondary N) is 1. The number of nitrogens with zero attached hydrogens (tertiary/aromatic N) is 5. The van der Waals surface area contributed by atoms with E-state index < -0.39 is 0 Å². The minimum atomic E-state index is -0.301. The van der Waals surface area contributed by atoms with Crippen LogP contribution in [0.1, 0.15) is 64.1 Å². The van der Waals surface area contributed by atoms with Gasteiger partial charge in [-0.05, 0) is 59.8 Å². The molecule has 2 aliphatic heterocycles. The van der Waals surface area contributed by atoms with E-state index in [-0.39, 0.29) is 41.8 Å². The van der Waals surface area contributed by atoms with Gasteiger partial charge < -0.3 is 15.0 Å². The molecule has 3 atom stereocenters. The van der Waals surface area contributed by atoms with Crippen LogP contribution >= 0.6 is 27.5 Å². The maximum absolute atomic E-state index is 14.1. The molecule has 10 nitrogen and oxygen atoms in total. The SMILES string of the molecule is CNC(=O)c1cc(-n2c(C(C)C3CCOC3)nc3c(c2=O)CC(C)N(C(=O)c2ccc(Br)c(Cl)c2)C3)nn1C. The van der Waals surface area contributed by atoms with Crippen LogP contribution in [0.5, 0.6) is 0 Å². The largest absolute Gasteiger partial charge is 0.381 e. The zero-order valence-corrected chi connectivity index (χ0v) is 24.5. The number of fused-ring (bicyclic) bond motifs is 1.